The SMILES string of the molecule is Cc1cc(=O)oc2c1ccc1c(O)c(C=NC(C)C)cc(C=O)c12. The van der Waals surface area contributed by atoms with Crippen LogP contribution in [0.5, 0.6) is 5.75 Å². The highest BCUT2D eigenvalue weighted by atomic mass is 16.4. The highest BCUT2D eigenvalue weighted by Gasteiger charge is 2.16. The van der Waals surface area contributed by atoms with Crippen LogP contribution in [-0.4, -0.2) is 23.6 Å². The van der Waals surface area contributed by atoms with Crippen molar-refractivity contribution in [2.75, 3.05) is 0 Å². The first-order valence-electron chi connectivity index (χ1n) is 7.64. The fourth-order valence-corrected chi connectivity index (χ4v) is 2.75. The lowest BCUT2D eigenvalue weighted by molar-refractivity contribution is 0.112. The minimum Gasteiger partial charge on any atom is -0.507 e. The number of carbonyl (C=O) groups excluding carboxylic acids is 1. The lowest BCUT2D eigenvalue weighted by Crippen LogP contribution is -2.00. The molecule has 3 aromatic rings. The summed E-state index contributed by atoms with van der Waals surface area (Å²) in [6, 6.07) is 6.52. The van der Waals surface area contributed by atoms with Crippen LogP contribution in [0.25, 0.3) is 21.7 Å². The van der Waals surface area contributed by atoms with Gasteiger partial charge in [0.15, 0.2) is 6.29 Å². The zero-order chi connectivity index (χ0) is 17.4. The number of aldehydes is 1. The standard InChI is InChI=1S/C19H17NO4/c1-10(2)20-8-12-7-13(9-21)17-15(18(12)23)5-4-14-11(3)6-16(22)24-19(14)17/h4-10,23H,1-3H3. The molecule has 0 atom stereocenters. The van der Waals surface area contributed by atoms with Crippen LogP contribution >= 0.6 is 0 Å². The van der Waals surface area contributed by atoms with Gasteiger partial charge in [0, 0.05) is 45.6 Å². The Morgan fingerprint density at radius 1 is 1.17 bits per heavy atom. The number of aryl methyl sites for hydroxylation is 1. The predicted molar refractivity (Wildman–Crippen MR) is 94.5 cm³/mol. The molecule has 5 nitrogen and oxygen atoms in total. The molecule has 0 fully saturated rings. The van der Waals surface area contributed by atoms with Crippen molar-refractivity contribution in [3.8, 4) is 5.75 Å². The predicted octanol–water partition coefficient (Wildman–Crippen LogP) is 3.60. The van der Waals surface area contributed by atoms with Crippen LogP contribution in [0.1, 0.15) is 35.3 Å². The second-order valence-corrected chi connectivity index (χ2v) is 6.01. The maximum absolute atomic E-state index is 11.7. The Labute approximate surface area is 138 Å². The van der Waals surface area contributed by atoms with E-state index in [2.05, 4.69) is 4.99 Å². The maximum atomic E-state index is 11.7. The summed E-state index contributed by atoms with van der Waals surface area (Å²) < 4.78 is 5.33. The molecule has 0 unspecified atom stereocenters. The number of phenols is 1. The molecule has 0 aliphatic heterocycles. The number of fused-ring (bicyclic) bond motifs is 3. The summed E-state index contributed by atoms with van der Waals surface area (Å²) in [7, 11) is 0. The molecule has 2 aromatic carbocycles. The van der Waals surface area contributed by atoms with Crippen LogP contribution in [0.2, 0.25) is 0 Å². The molecule has 122 valence electrons. The summed E-state index contributed by atoms with van der Waals surface area (Å²) in [5.74, 6) is 0.00561. The van der Waals surface area contributed by atoms with Gasteiger partial charge in [-0.1, -0.05) is 6.07 Å². The lowest BCUT2D eigenvalue weighted by atomic mass is 9.97. The molecule has 0 aliphatic carbocycles. The van der Waals surface area contributed by atoms with E-state index in [4.69, 9.17) is 4.42 Å². The monoisotopic (exact) mass is 323 g/mol. The average Bonchev–Trinajstić information content (AvgIpc) is 2.53. The normalized spacial score (nSPS) is 11.8. The molecule has 1 N–H and O–H groups in total. The van der Waals surface area contributed by atoms with Crippen molar-refractivity contribution in [3.05, 3.63) is 51.4 Å². The number of benzene rings is 2. The van der Waals surface area contributed by atoms with Gasteiger partial charge < -0.3 is 9.52 Å². The molecule has 1 heterocycles. The number of rotatable bonds is 3. The molecule has 0 amide bonds. The molecule has 0 saturated carbocycles. The highest BCUT2D eigenvalue weighted by Crippen LogP contribution is 2.35. The van der Waals surface area contributed by atoms with Crippen molar-refractivity contribution in [1.29, 1.82) is 0 Å². The minimum atomic E-state index is -0.491. The van der Waals surface area contributed by atoms with Crippen LogP contribution in [-0.2, 0) is 0 Å². The van der Waals surface area contributed by atoms with Crippen LogP contribution in [0.3, 0.4) is 0 Å². The van der Waals surface area contributed by atoms with Gasteiger partial charge in [-0.05, 0) is 38.5 Å². The van der Waals surface area contributed by atoms with E-state index in [1.807, 2.05) is 13.8 Å². The number of aliphatic imine (C=N–C) groups is 1. The number of hydrogen-bond acceptors (Lipinski definition) is 5. The van der Waals surface area contributed by atoms with E-state index in [1.54, 1.807) is 31.3 Å². The van der Waals surface area contributed by atoms with E-state index in [0.29, 0.717) is 33.8 Å². The van der Waals surface area contributed by atoms with E-state index < -0.39 is 5.63 Å². The van der Waals surface area contributed by atoms with Crippen molar-refractivity contribution >= 4 is 34.2 Å². The summed E-state index contributed by atoms with van der Waals surface area (Å²) in [4.78, 5) is 27.6. The first-order valence-corrected chi connectivity index (χ1v) is 7.64. The number of aromatic hydroxyl groups is 1. The lowest BCUT2D eigenvalue weighted by Gasteiger charge is -2.10. The van der Waals surface area contributed by atoms with E-state index in [0.717, 1.165) is 10.9 Å². The summed E-state index contributed by atoms with van der Waals surface area (Å²) in [5.41, 5.74) is 1.36. The smallest absolute Gasteiger partial charge is 0.336 e. The van der Waals surface area contributed by atoms with Gasteiger partial charge in [-0.3, -0.25) is 9.79 Å². The summed E-state index contributed by atoms with van der Waals surface area (Å²) in [6.07, 6.45) is 2.24. The van der Waals surface area contributed by atoms with E-state index in [9.17, 15) is 14.7 Å². The molecule has 3 rings (SSSR count). The van der Waals surface area contributed by atoms with Crippen LogP contribution in [0.15, 0.2) is 38.5 Å². The van der Waals surface area contributed by atoms with E-state index in [1.165, 1.54) is 6.07 Å². The molecular formula is C19H17NO4. The fourth-order valence-electron chi connectivity index (χ4n) is 2.75. The van der Waals surface area contributed by atoms with Gasteiger partial charge in [0.2, 0.25) is 0 Å². The molecule has 0 saturated heterocycles. The quantitative estimate of drug-likeness (QED) is 0.346. The summed E-state index contributed by atoms with van der Waals surface area (Å²) in [6.45, 7) is 5.63. The highest BCUT2D eigenvalue weighted by molar-refractivity contribution is 6.15. The Balaban J connectivity index is 2.47. The van der Waals surface area contributed by atoms with Gasteiger partial charge in [0.05, 0.1) is 0 Å². The van der Waals surface area contributed by atoms with E-state index in [-0.39, 0.29) is 11.8 Å². The first-order chi connectivity index (χ1) is 11.4. The van der Waals surface area contributed by atoms with Crippen molar-refractivity contribution in [1.82, 2.24) is 0 Å². The van der Waals surface area contributed by atoms with Crippen molar-refractivity contribution in [3.63, 3.8) is 0 Å². The topological polar surface area (TPSA) is 79.9 Å². The molecule has 24 heavy (non-hydrogen) atoms. The van der Waals surface area contributed by atoms with Crippen molar-refractivity contribution < 1.29 is 14.3 Å². The Morgan fingerprint density at radius 2 is 1.88 bits per heavy atom. The maximum Gasteiger partial charge on any atom is 0.336 e. The van der Waals surface area contributed by atoms with Gasteiger partial charge >= 0.3 is 5.63 Å². The molecule has 0 bridgehead atoms. The molecule has 5 heteroatoms. The number of carbonyl (C=O) groups is 1. The minimum absolute atomic E-state index is 0.00561. The number of hydrogen-bond donors (Lipinski definition) is 1. The Kier molecular flexibility index (Phi) is 3.93. The van der Waals surface area contributed by atoms with Gasteiger partial charge in [-0.2, -0.15) is 0 Å². The van der Waals surface area contributed by atoms with Crippen molar-refractivity contribution in [2.24, 2.45) is 4.99 Å². The Hall–Kier alpha value is -2.95. The average molecular weight is 323 g/mol. The van der Waals surface area contributed by atoms with Crippen LogP contribution in [0.4, 0.5) is 0 Å². The van der Waals surface area contributed by atoms with Crippen molar-refractivity contribution in [2.45, 2.75) is 26.8 Å². The van der Waals surface area contributed by atoms with Gasteiger partial charge in [-0.15, -0.1) is 0 Å². The Bertz CT molecular complexity index is 1040. The van der Waals surface area contributed by atoms with Gasteiger partial charge in [0.25, 0.3) is 0 Å². The molecule has 0 aliphatic rings. The summed E-state index contributed by atoms with van der Waals surface area (Å²) >= 11 is 0. The second-order valence-electron chi connectivity index (χ2n) is 6.01. The first kappa shape index (κ1) is 15.9. The Morgan fingerprint density at radius 3 is 2.54 bits per heavy atom. The molecule has 0 spiro atoms. The van der Waals surface area contributed by atoms with Crippen LogP contribution < -0.4 is 5.63 Å². The van der Waals surface area contributed by atoms with Crippen LogP contribution in [0, 0.1) is 6.92 Å². The zero-order valence-electron chi connectivity index (χ0n) is 13.7. The molecular weight excluding hydrogens is 306 g/mol. The fraction of sp³-hybridized carbons (Fsp3) is 0.211. The third-order valence-corrected chi connectivity index (χ3v) is 3.89. The summed E-state index contributed by atoms with van der Waals surface area (Å²) in [5, 5.41) is 12.2. The van der Waals surface area contributed by atoms with Gasteiger partial charge in [-0.25, -0.2) is 4.79 Å². The van der Waals surface area contributed by atoms with Gasteiger partial charge in [0.1, 0.15) is 11.3 Å². The van der Waals surface area contributed by atoms with E-state index >= 15 is 0 Å². The number of nitrogens with zero attached hydrogens (tertiary/aromatic N) is 1. The third-order valence-electron chi connectivity index (χ3n) is 3.89. The number of phenolic OH excluding ortho intramolecular Hbond substituents is 1. The molecule has 1 aromatic heterocycles. The largest absolute Gasteiger partial charge is 0.507 e. The second kappa shape index (κ2) is 5.92. The molecule has 0 radical (unpaired) electrons. The zero-order valence-corrected chi connectivity index (χ0v) is 13.7. The third kappa shape index (κ3) is 2.58.